The Kier molecular flexibility index (Phi) is 4.33. The van der Waals surface area contributed by atoms with Crippen LogP contribution in [0.4, 0.5) is 24.5 Å². The Balaban J connectivity index is 1.40. The Morgan fingerprint density at radius 1 is 1.25 bits per heavy atom. The van der Waals surface area contributed by atoms with Gasteiger partial charge in [-0.2, -0.15) is 13.2 Å². The quantitative estimate of drug-likeness (QED) is 0.674. The first-order valence-corrected chi connectivity index (χ1v) is 10.3. The molecular formula is C22H22F3N5O2. The number of hydrogen-bond acceptors (Lipinski definition) is 6. The van der Waals surface area contributed by atoms with E-state index in [1.165, 1.54) is 11.0 Å². The van der Waals surface area contributed by atoms with Gasteiger partial charge in [-0.15, -0.1) is 0 Å². The molecule has 1 spiro atoms. The smallest absolute Gasteiger partial charge is 0.390 e. The van der Waals surface area contributed by atoms with Gasteiger partial charge in [0.15, 0.2) is 5.96 Å². The van der Waals surface area contributed by atoms with Crippen LogP contribution >= 0.6 is 0 Å². The van der Waals surface area contributed by atoms with E-state index in [0.717, 1.165) is 23.4 Å². The largest absolute Gasteiger partial charge is 0.433 e. The second-order valence-electron chi connectivity index (χ2n) is 9.06. The minimum atomic E-state index is -4.53. The molecule has 1 aromatic carbocycles. The molecule has 7 nitrogen and oxygen atoms in total. The van der Waals surface area contributed by atoms with E-state index < -0.39 is 23.0 Å². The lowest BCUT2D eigenvalue weighted by molar-refractivity contribution is -0.141. The molecule has 10 heteroatoms. The standard InChI is InChI=1S/C22H22F3N5O2/c1-20(32)8-13(9-20)30-18(31)11-21(29-19(30)26)10-14-15(21)3-2-4-16(14)28-12-5-6-27-17(7-12)22(23,24)25/h2-7,13,32H,8-11H2,1H3,(H2,26,29)(H,27,28)/t13?,20?,21-/m0/s1. The van der Waals surface area contributed by atoms with Crippen LogP contribution in [-0.2, 0) is 22.9 Å². The number of nitrogens with one attached hydrogen (secondary N) is 1. The fourth-order valence-corrected chi connectivity index (χ4v) is 4.99. The van der Waals surface area contributed by atoms with Gasteiger partial charge in [-0.1, -0.05) is 12.1 Å². The number of aliphatic hydroxyl groups is 1. The van der Waals surface area contributed by atoms with Crippen LogP contribution in [0.15, 0.2) is 41.5 Å². The summed E-state index contributed by atoms with van der Waals surface area (Å²) < 4.78 is 38.9. The number of fused-ring (bicyclic) bond motifs is 2. The van der Waals surface area contributed by atoms with Crippen molar-refractivity contribution >= 4 is 23.2 Å². The topological polar surface area (TPSA) is 104 Å². The van der Waals surface area contributed by atoms with Crippen molar-refractivity contribution < 1.29 is 23.1 Å². The van der Waals surface area contributed by atoms with Crippen molar-refractivity contribution in [3.63, 3.8) is 0 Å². The Labute approximate surface area is 182 Å². The zero-order valence-electron chi connectivity index (χ0n) is 17.3. The second kappa shape index (κ2) is 6.68. The van der Waals surface area contributed by atoms with E-state index in [4.69, 9.17) is 5.73 Å². The number of anilines is 2. The molecule has 1 saturated carbocycles. The molecule has 168 valence electrons. The predicted molar refractivity (Wildman–Crippen MR) is 111 cm³/mol. The first kappa shape index (κ1) is 20.7. The lowest BCUT2D eigenvalue weighted by atomic mass is 9.67. The maximum Gasteiger partial charge on any atom is 0.433 e. The van der Waals surface area contributed by atoms with Gasteiger partial charge in [-0.05, 0) is 49.1 Å². The highest BCUT2D eigenvalue weighted by molar-refractivity contribution is 6.00. The van der Waals surface area contributed by atoms with Gasteiger partial charge in [-0.3, -0.25) is 14.7 Å². The van der Waals surface area contributed by atoms with Crippen LogP contribution in [0.1, 0.15) is 43.0 Å². The summed E-state index contributed by atoms with van der Waals surface area (Å²) in [5.74, 6) is 0.0145. The predicted octanol–water partition coefficient (Wildman–Crippen LogP) is 3.06. The number of aliphatic imine (C=N–C) groups is 1. The van der Waals surface area contributed by atoms with Crippen molar-refractivity contribution in [2.75, 3.05) is 5.32 Å². The third-order valence-electron chi connectivity index (χ3n) is 6.48. The van der Waals surface area contributed by atoms with E-state index in [2.05, 4.69) is 15.3 Å². The van der Waals surface area contributed by atoms with Crippen molar-refractivity contribution in [3.8, 4) is 0 Å². The molecule has 1 aliphatic heterocycles. The molecule has 2 heterocycles. The van der Waals surface area contributed by atoms with Gasteiger partial charge < -0.3 is 16.2 Å². The number of carbonyl (C=O) groups excluding carboxylic acids is 1. The third kappa shape index (κ3) is 3.29. The number of nitrogens with two attached hydrogens (primary N) is 1. The third-order valence-corrected chi connectivity index (χ3v) is 6.48. The van der Waals surface area contributed by atoms with Gasteiger partial charge in [0.1, 0.15) is 11.2 Å². The molecule has 2 aliphatic carbocycles. The molecule has 0 saturated heterocycles. The maximum atomic E-state index is 13.0. The number of aromatic nitrogens is 1. The van der Waals surface area contributed by atoms with Crippen LogP contribution in [-0.4, -0.2) is 38.5 Å². The summed E-state index contributed by atoms with van der Waals surface area (Å²) in [7, 11) is 0. The first-order chi connectivity index (χ1) is 15.0. The molecule has 1 amide bonds. The van der Waals surface area contributed by atoms with Crippen LogP contribution in [0, 0.1) is 0 Å². The van der Waals surface area contributed by atoms with E-state index in [-0.39, 0.29) is 30.0 Å². The highest BCUT2D eigenvalue weighted by atomic mass is 19.4. The summed E-state index contributed by atoms with van der Waals surface area (Å²) in [6.07, 6.45) is -1.89. The number of alkyl halides is 3. The summed E-state index contributed by atoms with van der Waals surface area (Å²) in [4.78, 5) is 22.5. The van der Waals surface area contributed by atoms with Crippen molar-refractivity contribution in [2.45, 2.75) is 56.0 Å². The van der Waals surface area contributed by atoms with Crippen molar-refractivity contribution in [3.05, 3.63) is 53.3 Å². The molecule has 32 heavy (non-hydrogen) atoms. The Morgan fingerprint density at radius 2 is 2.00 bits per heavy atom. The lowest BCUT2D eigenvalue weighted by Gasteiger charge is -2.51. The van der Waals surface area contributed by atoms with Gasteiger partial charge in [0.25, 0.3) is 0 Å². The van der Waals surface area contributed by atoms with Crippen molar-refractivity contribution in [1.29, 1.82) is 0 Å². The number of guanidine groups is 1. The molecule has 2 aromatic rings. The number of amides is 1. The number of hydrogen-bond donors (Lipinski definition) is 3. The Hall–Kier alpha value is -3.14. The average molecular weight is 445 g/mol. The number of benzene rings is 1. The van der Waals surface area contributed by atoms with Gasteiger partial charge in [-0.25, -0.2) is 4.99 Å². The summed E-state index contributed by atoms with van der Waals surface area (Å²) >= 11 is 0. The zero-order chi connectivity index (χ0) is 22.9. The van der Waals surface area contributed by atoms with Gasteiger partial charge >= 0.3 is 6.18 Å². The SMILES string of the molecule is CC1(O)CC(N2C(=O)C[C@]3(Cc4c(Nc5ccnc(C(F)(F)F)c5)cccc43)N=C2N)C1. The van der Waals surface area contributed by atoms with E-state index >= 15 is 0 Å². The Morgan fingerprint density at radius 3 is 2.66 bits per heavy atom. The minimum absolute atomic E-state index is 0.133. The van der Waals surface area contributed by atoms with E-state index in [1.54, 1.807) is 19.1 Å². The second-order valence-corrected chi connectivity index (χ2v) is 9.06. The highest BCUT2D eigenvalue weighted by Gasteiger charge is 2.53. The minimum Gasteiger partial charge on any atom is -0.390 e. The molecule has 1 fully saturated rings. The summed E-state index contributed by atoms with van der Waals surface area (Å²) in [6, 6.07) is 7.69. The summed E-state index contributed by atoms with van der Waals surface area (Å²) in [5.41, 5.74) is 6.31. The average Bonchev–Trinajstić information content (AvgIpc) is 2.66. The number of halogens is 3. The van der Waals surface area contributed by atoms with Crippen molar-refractivity contribution in [2.24, 2.45) is 10.7 Å². The van der Waals surface area contributed by atoms with Crippen molar-refractivity contribution in [1.82, 2.24) is 9.88 Å². The zero-order valence-corrected chi connectivity index (χ0v) is 17.3. The Bertz CT molecular complexity index is 1140. The normalized spacial score (nSPS) is 29.2. The van der Waals surface area contributed by atoms with Crippen LogP contribution in [0.3, 0.4) is 0 Å². The molecule has 5 rings (SSSR count). The lowest BCUT2D eigenvalue weighted by Crippen LogP contribution is -2.62. The molecule has 0 bridgehead atoms. The number of pyridine rings is 1. The molecule has 1 atom stereocenters. The van der Waals surface area contributed by atoms with Gasteiger partial charge in [0.05, 0.1) is 12.0 Å². The summed E-state index contributed by atoms with van der Waals surface area (Å²) in [6.45, 7) is 1.73. The van der Waals surface area contributed by atoms with E-state index in [9.17, 15) is 23.1 Å². The molecular weight excluding hydrogens is 423 g/mol. The monoisotopic (exact) mass is 445 g/mol. The number of nitrogens with zero attached hydrogens (tertiary/aromatic N) is 3. The van der Waals surface area contributed by atoms with E-state index in [0.29, 0.717) is 24.9 Å². The van der Waals surface area contributed by atoms with Crippen LogP contribution < -0.4 is 11.1 Å². The fraction of sp³-hybridized carbons (Fsp3) is 0.409. The number of rotatable bonds is 3. The molecule has 1 aromatic heterocycles. The molecule has 0 radical (unpaired) electrons. The van der Waals surface area contributed by atoms with Crippen LogP contribution in [0.5, 0.6) is 0 Å². The maximum absolute atomic E-state index is 13.0. The van der Waals surface area contributed by atoms with Crippen LogP contribution in [0.25, 0.3) is 0 Å². The number of carbonyl (C=O) groups is 1. The molecule has 0 unspecified atom stereocenters. The first-order valence-electron chi connectivity index (χ1n) is 10.3. The fourth-order valence-electron chi connectivity index (χ4n) is 4.99. The molecule has 3 aliphatic rings. The summed E-state index contributed by atoms with van der Waals surface area (Å²) in [5, 5.41) is 13.0. The van der Waals surface area contributed by atoms with E-state index in [1.807, 2.05) is 6.07 Å². The van der Waals surface area contributed by atoms with Gasteiger partial charge in [0.2, 0.25) is 5.91 Å². The van der Waals surface area contributed by atoms with Crippen LogP contribution in [0.2, 0.25) is 0 Å². The van der Waals surface area contributed by atoms with Gasteiger partial charge in [0, 0.05) is 30.0 Å². The highest BCUT2D eigenvalue weighted by Crippen LogP contribution is 2.51. The molecule has 4 N–H and O–H groups in total.